The Balaban J connectivity index is 1.18. The SMILES string of the molecule is CN=C(NCC1CCN(Cc2nc(C)c(C)o2)CC1)N1CCN(c2ccccc2)CC1. The van der Waals surface area contributed by atoms with Crippen LogP contribution in [0, 0.1) is 19.8 Å². The molecule has 31 heavy (non-hydrogen) atoms. The van der Waals surface area contributed by atoms with Crippen LogP contribution >= 0.6 is 0 Å². The summed E-state index contributed by atoms with van der Waals surface area (Å²) in [5, 5.41) is 3.65. The van der Waals surface area contributed by atoms with Crippen LogP contribution in [-0.4, -0.2) is 73.6 Å². The number of para-hydroxylation sites is 1. The van der Waals surface area contributed by atoms with Crippen molar-refractivity contribution >= 4 is 11.6 Å². The quantitative estimate of drug-likeness (QED) is 0.588. The fourth-order valence-corrected chi connectivity index (χ4v) is 4.53. The number of aryl methyl sites for hydroxylation is 2. The summed E-state index contributed by atoms with van der Waals surface area (Å²) in [5.41, 5.74) is 2.32. The number of likely N-dealkylation sites (tertiary alicyclic amines) is 1. The van der Waals surface area contributed by atoms with E-state index in [1.807, 2.05) is 20.9 Å². The van der Waals surface area contributed by atoms with Crippen LogP contribution in [-0.2, 0) is 6.54 Å². The predicted molar refractivity (Wildman–Crippen MR) is 126 cm³/mol. The summed E-state index contributed by atoms with van der Waals surface area (Å²) < 4.78 is 5.75. The van der Waals surface area contributed by atoms with Crippen LogP contribution in [0.2, 0.25) is 0 Å². The highest BCUT2D eigenvalue weighted by molar-refractivity contribution is 5.80. The molecule has 2 aliphatic rings. The number of guanidine groups is 1. The van der Waals surface area contributed by atoms with Crippen LogP contribution in [0.15, 0.2) is 39.7 Å². The first-order chi connectivity index (χ1) is 15.1. The summed E-state index contributed by atoms with van der Waals surface area (Å²) in [6, 6.07) is 10.7. The van der Waals surface area contributed by atoms with Crippen LogP contribution in [0.25, 0.3) is 0 Å². The Morgan fingerprint density at radius 3 is 2.39 bits per heavy atom. The third-order valence-corrected chi connectivity index (χ3v) is 6.60. The van der Waals surface area contributed by atoms with Gasteiger partial charge in [-0.3, -0.25) is 9.89 Å². The van der Waals surface area contributed by atoms with Crippen molar-refractivity contribution in [2.24, 2.45) is 10.9 Å². The molecular formula is C24H36N6O. The molecule has 0 atom stereocenters. The molecule has 0 radical (unpaired) electrons. The third kappa shape index (κ3) is 5.58. The first-order valence-corrected chi connectivity index (χ1v) is 11.5. The smallest absolute Gasteiger partial charge is 0.208 e. The fourth-order valence-electron chi connectivity index (χ4n) is 4.53. The van der Waals surface area contributed by atoms with Gasteiger partial charge in [-0.1, -0.05) is 18.2 Å². The first-order valence-electron chi connectivity index (χ1n) is 11.5. The Morgan fingerprint density at radius 1 is 1.06 bits per heavy atom. The van der Waals surface area contributed by atoms with Crippen molar-refractivity contribution in [3.8, 4) is 0 Å². The zero-order chi connectivity index (χ0) is 21.6. The number of hydrogen-bond donors (Lipinski definition) is 1. The van der Waals surface area contributed by atoms with Crippen LogP contribution in [0.5, 0.6) is 0 Å². The lowest BCUT2D eigenvalue weighted by atomic mass is 9.97. The minimum Gasteiger partial charge on any atom is -0.444 e. The highest BCUT2D eigenvalue weighted by Crippen LogP contribution is 2.20. The van der Waals surface area contributed by atoms with Gasteiger partial charge < -0.3 is 19.5 Å². The lowest BCUT2D eigenvalue weighted by Gasteiger charge is -2.38. The standard InChI is InChI=1S/C24H36N6O/c1-19-20(2)31-23(27-19)18-28-11-9-21(10-12-28)17-26-24(25-3)30-15-13-29(14-16-30)22-7-5-4-6-8-22/h4-8,21H,9-18H2,1-3H3,(H,25,26). The van der Waals surface area contributed by atoms with E-state index in [-0.39, 0.29) is 0 Å². The van der Waals surface area contributed by atoms with E-state index in [1.165, 1.54) is 18.5 Å². The van der Waals surface area contributed by atoms with Gasteiger partial charge in [0.15, 0.2) is 5.96 Å². The number of benzene rings is 1. The number of piperidine rings is 1. The Hall–Kier alpha value is -2.54. The second kappa shape index (κ2) is 10.2. The monoisotopic (exact) mass is 424 g/mol. The maximum absolute atomic E-state index is 5.75. The molecule has 1 aromatic carbocycles. The normalized spacial score (nSPS) is 19.1. The zero-order valence-electron chi connectivity index (χ0n) is 19.2. The molecule has 7 nitrogen and oxygen atoms in total. The number of aliphatic imine (C=N–C) groups is 1. The molecule has 0 saturated carbocycles. The number of aromatic nitrogens is 1. The van der Waals surface area contributed by atoms with Crippen molar-refractivity contribution < 1.29 is 4.42 Å². The van der Waals surface area contributed by atoms with E-state index in [4.69, 9.17) is 4.42 Å². The molecule has 0 aliphatic carbocycles. The van der Waals surface area contributed by atoms with Crippen molar-refractivity contribution in [3.63, 3.8) is 0 Å². The van der Waals surface area contributed by atoms with E-state index >= 15 is 0 Å². The molecule has 2 aromatic rings. The first kappa shape index (κ1) is 21.7. The second-order valence-corrected chi connectivity index (χ2v) is 8.71. The lowest BCUT2D eigenvalue weighted by Crippen LogP contribution is -2.53. The number of nitrogens with zero attached hydrogens (tertiary/aromatic N) is 5. The summed E-state index contributed by atoms with van der Waals surface area (Å²) in [7, 11) is 1.90. The summed E-state index contributed by atoms with van der Waals surface area (Å²) in [6.45, 7) is 12.1. The van der Waals surface area contributed by atoms with Gasteiger partial charge in [0, 0.05) is 45.5 Å². The van der Waals surface area contributed by atoms with E-state index < -0.39 is 0 Å². The van der Waals surface area contributed by atoms with Crippen LogP contribution in [0.3, 0.4) is 0 Å². The molecule has 4 rings (SSSR count). The molecule has 0 amide bonds. The van der Waals surface area contributed by atoms with E-state index in [0.717, 1.165) is 75.7 Å². The van der Waals surface area contributed by atoms with Crippen LogP contribution in [0.4, 0.5) is 5.69 Å². The molecule has 2 fully saturated rings. The van der Waals surface area contributed by atoms with Gasteiger partial charge >= 0.3 is 0 Å². The van der Waals surface area contributed by atoms with Gasteiger partial charge in [-0.2, -0.15) is 0 Å². The summed E-state index contributed by atoms with van der Waals surface area (Å²) in [5.74, 6) is 3.51. The highest BCUT2D eigenvalue weighted by Gasteiger charge is 2.23. The van der Waals surface area contributed by atoms with E-state index in [2.05, 4.69) is 60.3 Å². The second-order valence-electron chi connectivity index (χ2n) is 8.71. The van der Waals surface area contributed by atoms with Gasteiger partial charge in [0.1, 0.15) is 5.76 Å². The van der Waals surface area contributed by atoms with Crippen molar-refractivity contribution in [2.75, 3.05) is 57.8 Å². The molecule has 0 bridgehead atoms. The molecule has 3 heterocycles. The number of oxazole rings is 1. The molecule has 2 aliphatic heterocycles. The van der Waals surface area contributed by atoms with Crippen LogP contribution < -0.4 is 10.2 Å². The minimum absolute atomic E-state index is 0.687. The highest BCUT2D eigenvalue weighted by atomic mass is 16.4. The minimum atomic E-state index is 0.687. The summed E-state index contributed by atoms with van der Waals surface area (Å²) in [6.07, 6.45) is 2.40. The van der Waals surface area contributed by atoms with Gasteiger partial charge in [-0.25, -0.2) is 4.98 Å². The average molecular weight is 425 g/mol. The van der Waals surface area contributed by atoms with Gasteiger partial charge in [0.25, 0.3) is 0 Å². The van der Waals surface area contributed by atoms with Gasteiger partial charge in [0.05, 0.1) is 12.2 Å². The molecule has 1 N–H and O–H groups in total. The van der Waals surface area contributed by atoms with Gasteiger partial charge in [0.2, 0.25) is 5.89 Å². The largest absolute Gasteiger partial charge is 0.444 e. The Kier molecular flexibility index (Phi) is 7.12. The van der Waals surface area contributed by atoms with Crippen molar-refractivity contribution in [3.05, 3.63) is 47.7 Å². The van der Waals surface area contributed by atoms with Gasteiger partial charge in [-0.15, -0.1) is 0 Å². The predicted octanol–water partition coefficient (Wildman–Crippen LogP) is 2.90. The molecule has 1 aromatic heterocycles. The Morgan fingerprint density at radius 2 is 1.77 bits per heavy atom. The molecule has 168 valence electrons. The number of hydrogen-bond acceptors (Lipinski definition) is 5. The molecular weight excluding hydrogens is 388 g/mol. The van der Waals surface area contributed by atoms with Crippen LogP contribution in [0.1, 0.15) is 30.2 Å². The van der Waals surface area contributed by atoms with E-state index in [1.54, 1.807) is 0 Å². The van der Waals surface area contributed by atoms with Crippen molar-refractivity contribution in [2.45, 2.75) is 33.2 Å². The molecule has 0 spiro atoms. The fraction of sp³-hybridized carbons (Fsp3) is 0.583. The van der Waals surface area contributed by atoms with Gasteiger partial charge in [-0.05, 0) is 57.8 Å². The number of piperazine rings is 1. The third-order valence-electron chi connectivity index (χ3n) is 6.60. The Labute approximate surface area is 186 Å². The Bertz CT molecular complexity index is 829. The van der Waals surface area contributed by atoms with Crippen molar-refractivity contribution in [1.29, 1.82) is 0 Å². The zero-order valence-corrected chi connectivity index (χ0v) is 19.2. The number of rotatable bonds is 5. The van der Waals surface area contributed by atoms with Crippen molar-refractivity contribution in [1.82, 2.24) is 20.1 Å². The van der Waals surface area contributed by atoms with E-state index in [0.29, 0.717) is 5.92 Å². The number of anilines is 1. The average Bonchev–Trinajstić information content (AvgIpc) is 3.13. The maximum Gasteiger partial charge on any atom is 0.208 e. The molecule has 2 saturated heterocycles. The molecule has 0 unspecified atom stereocenters. The topological polar surface area (TPSA) is 60.1 Å². The molecule has 7 heteroatoms. The maximum atomic E-state index is 5.75. The summed E-state index contributed by atoms with van der Waals surface area (Å²) in [4.78, 5) is 16.4. The number of nitrogens with one attached hydrogen (secondary N) is 1. The summed E-state index contributed by atoms with van der Waals surface area (Å²) >= 11 is 0. The lowest BCUT2D eigenvalue weighted by molar-refractivity contribution is 0.163. The van der Waals surface area contributed by atoms with E-state index in [9.17, 15) is 0 Å².